The van der Waals surface area contributed by atoms with E-state index >= 15 is 0 Å². The molecular formula is C29H26N4O4. The molecule has 0 amide bonds. The van der Waals surface area contributed by atoms with E-state index in [0.717, 1.165) is 22.6 Å². The van der Waals surface area contributed by atoms with Crippen LogP contribution >= 0.6 is 0 Å². The molecule has 2 aliphatic rings. The summed E-state index contributed by atoms with van der Waals surface area (Å²) in [5.41, 5.74) is 3.52. The lowest BCUT2D eigenvalue weighted by atomic mass is 9.78. The molecule has 2 heterocycles. The maximum Gasteiger partial charge on any atom is 0.226 e. The fourth-order valence-electron chi connectivity index (χ4n) is 5.18. The predicted molar refractivity (Wildman–Crippen MR) is 138 cm³/mol. The maximum absolute atomic E-state index is 13.7. The molecule has 6 rings (SSSR count). The van der Waals surface area contributed by atoms with E-state index in [4.69, 9.17) is 14.2 Å². The van der Waals surface area contributed by atoms with Gasteiger partial charge in [-0.2, -0.15) is 10.1 Å². The quantitative estimate of drug-likeness (QED) is 0.379. The first-order valence-corrected chi connectivity index (χ1v) is 12.1. The molecule has 8 nitrogen and oxygen atoms in total. The van der Waals surface area contributed by atoms with Gasteiger partial charge in [0.1, 0.15) is 23.9 Å². The van der Waals surface area contributed by atoms with Crippen LogP contribution < -0.4 is 19.5 Å². The number of Topliss-reactive ketones (excluding diaryl/α,β-unsaturated/α-hetero) is 1. The van der Waals surface area contributed by atoms with E-state index in [2.05, 4.69) is 15.4 Å². The highest BCUT2D eigenvalue weighted by Crippen LogP contribution is 2.45. The Kier molecular flexibility index (Phi) is 5.84. The van der Waals surface area contributed by atoms with Crippen molar-refractivity contribution in [2.24, 2.45) is 0 Å². The zero-order chi connectivity index (χ0) is 25.4. The molecule has 8 heteroatoms. The van der Waals surface area contributed by atoms with Crippen molar-refractivity contribution in [3.8, 4) is 23.0 Å². The second kappa shape index (κ2) is 9.46. The minimum absolute atomic E-state index is 0.00132. The SMILES string of the molecule is COc1ccc([C@H]2CC(=O)C3=C(C2)Nc2ncnn2[C@@H]3c2cccc(Oc3ccccc3)c2)cc1OC. The highest BCUT2D eigenvalue weighted by atomic mass is 16.5. The number of carbonyl (C=O) groups excluding carboxylic acids is 1. The van der Waals surface area contributed by atoms with Crippen molar-refractivity contribution in [2.75, 3.05) is 19.5 Å². The van der Waals surface area contributed by atoms with Crippen LogP contribution in [0.1, 0.15) is 35.9 Å². The fourth-order valence-corrected chi connectivity index (χ4v) is 5.18. The number of allylic oxidation sites excluding steroid dienone is 2. The van der Waals surface area contributed by atoms with Crippen LogP contribution in [-0.2, 0) is 4.79 Å². The number of hydrogen-bond acceptors (Lipinski definition) is 7. The van der Waals surface area contributed by atoms with Gasteiger partial charge in [0, 0.05) is 17.7 Å². The van der Waals surface area contributed by atoms with Gasteiger partial charge in [-0.15, -0.1) is 0 Å². The molecule has 1 N–H and O–H groups in total. The minimum Gasteiger partial charge on any atom is -0.493 e. The number of ether oxygens (including phenoxy) is 3. The zero-order valence-electron chi connectivity index (χ0n) is 20.5. The molecule has 0 unspecified atom stereocenters. The summed E-state index contributed by atoms with van der Waals surface area (Å²) >= 11 is 0. The Morgan fingerprint density at radius 3 is 2.49 bits per heavy atom. The first-order chi connectivity index (χ1) is 18.1. The molecule has 0 saturated heterocycles. The van der Waals surface area contributed by atoms with Crippen molar-refractivity contribution >= 4 is 11.7 Å². The molecule has 0 radical (unpaired) electrons. The lowest BCUT2D eigenvalue weighted by Gasteiger charge is -2.35. The molecule has 4 aromatic rings. The average Bonchev–Trinajstić information content (AvgIpc) is 3.40. The molecule has 0 bridgehead atoms. The molecule has 186 valence electrons. The topological polar surface area (TPSA) is 87.5 Å². The molecule has 37 heavy (non-hydrogen) atoms. The van der Waals surface area contributed by atoms with Crippen molar-refractivity contribution in [1.29, 1.82) is 0 Å². The largest absolute Gasteiger partial charge is 0.493 e. The van der Waals surface area contributed by atoms with E-state index < -0.39 is 6.04 Å². The lowest BCUT2D eigenvalue weighted by Crippen LogP contribution is -2.33. The average molecular weight is 495 g/mol. The number of hydrogen-bond donors (Lipinski definition) is 1. The van der Waals surface area contributed by atoms with Gasteiger partial charge in [0.2, 0.25) is 5.95 Å². The van der Waals surface area contributed by atoms with Crippen LogP contribution in [0.2, 0.25) is 0 Å². The number of benzene rings is 3. The van der Waals surface area contributed by atoms with Crippen molar-refractivity contribution in [1.82, 2.24) is 14.8 Å². The van der Waals surface area contributed by atoms with Gasteiger partial charge in [-0.25, -0.2) is 4.68 Å². The summed E-state index contributed by atoms with van der Waals surface area (Å²) in [7, 11) is 3.23. The summed E-state index contributed by atoms with van der Waals surface area (Å²) in [6, 6.07) is 22.9. The lowest BCUT2D eigenvalue weighted by molar-refractivity contribution is -0.116. The van der Waals surface area contributed by atoms with Crippen LogP contribution in [-0.4, -0.2) is 34.8 Å². The molecular weight excluding hydrogens is 468 g/mol. The van der Waals surface area contributed by atoms with Gasteiger partial charge in [0.25, 0.3) is 0 Å². The summed E-state index contributed by atoms with van der Waals surface area (Å²) in [6.07, 6.45) is 2.56. The van der Waals surface area contributed by atoms with Crippen LogP contribution in [0.3, 0.4) is 0 Å². The Labute approximate surface area is 214 Å². The van der Waals surface area contributed by atoms with Gasteiger partial charge in [0.05, 0.1) is 14.2 Å². The number of fused-ring (bicyclic) bond motifs is 1. The van der Waals surface area contributed by atoms with Crippen LogP contribution in [0, 0.1) is 0 Å². The first-order valence-electron chi connectivity index (χ1n) is 12.1. The molecule has 1 aliphatic heterocycles. The van der Waals surface area contributed by atoms with Crippen molar-refractivity contribution in [3.05, 3.63) is 102 Å². The van der Waals surface area contributed by atoms with E-state index in [-0.39, 0.29) is 11.7 Å². The minimum atomic E-state index is -0.396. The van der Waals surface area contributed by atoms with Gasteiger partial charge < -0.3 is 19.5 Å². The van der Waals surface area contributed by atoms with E-state index in [1.54, 1.807) is 18.9 Å². The van der Waals surface area contributed by atoms with E-state index in [9.17, 15) is 4.79 Å². The van der Waals surface area contributed by atoms with Crippen molar-refractivity contribution in [2.45, 2.75) is 24.8 Å². The smallest absolute Gasteiger partial charge is 0.226 e. The Morgan fingerprint density at radius 2 is 1.68 bits per heavy atom. The molecule has 2 atom stereocenters. The number of nitrogens with one attached hydrogen (secondary N) is 1. The van der Waals surface area contributed by atoms with Gasteiger partial charge in [0.15, 0.2) is 17.3 Å². The second-order valence-corrected chi connectivity index (χ2v) is 9.08. The number of nitrogens with zero attached hydrogens (tertiary/aromatic N) is 3. The van der Waals surface area contributed by atoms with Crippen LogP contribution in [0.4, 0.5) is 5.95 Å². The van der Waals surface area contributed by atoms with Crippen LogP contribution in [0.5, 0.6) is 23.0 Å². The first kappa shape index (κ1) is 22.8. The Hall–Kier alpha value is -4.59. The third kappa shape index (κ3) is 4.20. The fraction of sp³-hybridized carbons (Fsp3) is 0.207. The van der Waals surface area contributed by atoms with Gasteiger partial charge in [-0.05, 0) is 59.9 Å². The maximum atomic E-state index is 13.7. The number of methoxy groups -OCH3 is 2. The van der Waals surface area contributed by atoms with Crippen molar-refractivity contribution in [3.63, 3.8) is 0 Å². The molecule has 0 fully saturated rings. The van der Waals surface area contributed by atoms with Gasteiger partial charge >= 0.3 is 0 Å². The van der Waals surface area contributed by atoms with E-state index in [1.165, 1.54) is 6.33 Å². The zero-order valence-corrected chi connectivity index (χ0v) is 20.5. The summed E-state index contributed by atoms with van der Waals surface area (Å²) in [4.78, 5) is 18.1. The number of anilines is 1. The number of aromatic nitrogens is 3. The highest BCUT2D eigenvalue weighted by Gasteiger charge is 2.39. The Bertz CT molecular complexity index is 1490. The number of ketones is 1. The number of carbonyl (C=O) groups is 1. The molecule has 0 spiro atoms. The van der Waals surface area contributed by atoms with Crippen LogP contribution in [0.15, 0.2) is 90.4 Å². The third-order valence-corrected chi connectivity index (χ3v) is 6.89. The summed E-state index contributed by atoms with van der Waals surface area (Å²) in [6.45, 7) is 0. The van der Waals surface area contributed by atoms with E-state index in [1.807, 2.05) is 72.8 Å². The summed E-state index contributed by atoms with van der Waals surface area (Å²) in [5, 5.41) is 7.83. The molecule has 1 aromatic heterocycles. The molecule has 3 aromatic carbocycles. The Balaban J connectivity index is 1.37. The van der Waals surface area contributed by atoms with Crippen LogP contribution in [0.25, 0.3) is 0 Å². The summed E-state index contributed by atoms with van der Waals surface area (Å²) < 4.78 is 18.7. The normalized spacial score (nSPS) is 18.5. The number of para-hydroxylation sites is 1. The standard InChI is InChI=1S/C29H26N4O4/c1-35-25-12-11-18(16-26(25)36-2)20-14-23-27(24(34)15-20)28(33-29(32-23)30-17-31-33)19-7-6-10-22(13-19)37-21-8-4-3-5-9-21/h3-13,16-17,20,28H,14-15H2,1-2H3,(H,30,31,32)/t20-,28-/m1/s1. The highest BCUT2D eigenvalue weighted by molar-refractivity contribution is 6.00. The molecule has 0 saturated carbocycles. The monoisotopic (exact) mass is 494 g/mol. The van der Waals surface area contributed by atoms with Crippen molar-refractivity contribution < 1.29 is 19.0 Å². The predicted octanol–water partition coefficient (Wildman–Crippen LogP) is 5.50. The van der Waals surface area contributed by atoms with E-state index in [0.29, 0.717) is 41.6 Å². The van der Waals surface area contributed by atoms with Gasteiger partial charge in [-0.1, -0.05) is 36.4 Å². The number of rotatable bonds is 6. The van der Waals surface area contributed by atoms with Gasteiger partial charge in [-0.3, -0.25) is 4.79 Å². The Morgan fingerprint density at radius 1 is 0.865 bits per heavy atom. The third-order valence-electron chi connectivity index (χ3n) is 6.89. The molecule has 1 aliphatic carbocycles. The second-order valence-electron chi connectivity index (χ2n) is 9.08. The summed E-state index contributed by atoms with van der Waals surface area (Å²) in [5.74, 6) is 3.44.